The largest absolute Gasteiger partial charge is 0.481 e. The summed E-state index contributed by atoms with van der Waals surface area (Å²) in [4.78, 5) is 59.4. The number of nitrogens with two attached hydrogens (primary N) is 2. The van der Waals surface area contributed by atoms with Gasteiger partial charge in [-0.2, -0.15) is 0 Å². The second kappa shape index (κ2) is 14.3. The number of unbranched alkanes of at least 4 members (excludes halogenated alkanes) is 1. The number of carboxylic acid groups (broad SMARTS) is 2. The van der Waals surface area contributed by atoms with Crippen LogP contribution >= 0.6 is 0 Å². The smallest absolute Gasteiger partial charge is 0.325 e. The first kappa shape index (κ1) is 28.3. The Hall–Kier alpha value is -2.73. The Bertz CT molecular complexity index is 641. The van der Waals surface area contributed by atoms with E-state index in [-0.39, 0.29) is 6.42 Å². The molecule has 0 unspecified atom stereocenters. The topological polar surface area (TPSA) is 214 Å². The summed E-state index contributed by atoms with van der Waals surface area (Å²) in [7, 11) is 0. The molecule has 0 radical (unpaired) electrons. The molecule has 0 aromatic rings. The summed E-state index contributed by atoms with van der Waals surface area (Å²) in [6, 6.07) is -4.38. The zero-order valence-corrected chi connectivity index (χ0v) is 18.2. The van der Waals surface area contributed by atoms with Crippen LogP contribution in [0, 0.1) is 5.92 Å². The Morgan fingerprint density at radius 2 is 1.45 bits per heavy atom. The molecule has 31 heavy (non-hydrogen) atoms. The first-order valence-corrected chi connectivity index (χ1v) is 10.2. The fourth-order valence-corrected chi connectivity index (χ4v) is 2.61. The van der Waals surface area contributed by atoms with Gasteiger partial charge >= 0.3 is 11.9 Å². The molecule has 4 atom stereocenters. The van der Waals surface area contributed by atoms with Crippen molar-refractivity contribution in [1.29, 1.82) is 0 Å². The molecule has 9 N–H and O–H groups in total. The van der Waals surface area contributed by atoms with E-state index in [4.69, 9.17) is 21.7 Å². The fraction of sp³-hybridized carbons (Fsp3) is 0.737. The number of rotatable bonds is 15. The van der Waals surface area contributed by atoms with Gasteiger partial charge in [0, 0.05) is 6.42 Å². The van der Waals surface area contributed by atoms with Crippen LogP contribution < -0.4 is 27.4 Å². The molecule has 0 heterocycles. The van der Waals surface area contributed by atoms with Crippen molar-refractivity contribution in [3.8, 4) is 0 Å². The predicted octanol–water partition coefficient (Wildman–Crippen LogP) is -1.48. The molecular weight excluding hydrogens is 410 g/mol. The van der Waals surface area contributed by atoms with Crippen LogP contribution in [0.1, 0.15) is 52.9 Å². The third-order valence-electron chi connectivity index (χ3n) is 4.56. The van der Waals surface area contributed by atoms with Crippen LogP contribution in [0.2, 0.25) is 0 Å². The van der Waals surface area contributed by atoms with Crippen LogP contribution in [0.3, 0.4) is 0 Å². The monoisotopic (exact) mass is 445 g/mol. The minimum Gasteiger partial charge on any atom is -0.481 e. The quantitative estimate of drug-likeness (QED) is 0.146. The highest BCUT2D eigenvalue weighted by Crippen LogP contribution is 2.07. The molecule has 0 aliphatic rings. The number of carbonyl (C=O) groups is 5. The Morgan fingerprint density at radius 1 is 0.839 bits per heavy atom. The maximum Gasteiger partial charge on any atom is 0.325 e. The molecule has 0 rings (SSSR count). The number of hydrogen-bond acceptors (Lipinski definition) is 7. The highest BCUT2D eigenvalue weighted by atomic mass is 16.4. The lowest BCUT2D eigenvalue weighted by molar-refractivity contribution is -0.142. The van der Waals surface area contributed by atoms with E-state index in [1.54, 1.807) is 13.8 Å². The highest BCUT2D eigenvalue weighted by Gasteiger charge is 2.31. The van der Waals surface area contributed by atoms with Gasteiger partial charge in [0.1, 0.15) is 18.1 Å². The van der Waals surface area contributed by atoms with Crippen LogP contribution in [-0.2, 0) is 24.0 Å². The number of amides is 3. The Kier molecular flexibility index (Phi) is 13.0. The van der Waals surface area contributed by atoms with E-state index in [9.17, 15) is 24.0 Å². The van der Waals surface area contributed by atoms with Crippen LogP contribution in [-0.4, -0.2) is 70.6 Å². The molecule has 0 bridgehead atoms. The molecule has 0 aromatic heterocycles. The number of hydrogen-bond donors (Lipinski definition) is 7. The van der Waals surface area contributed by atoms with Crippen LogP contribution in [0.25, 0.3) is 0 Å². The fourth-order valence-electron chi connectivity index (χ4n) is 2.61. The minimum absolute atomic E-state index is 0.208. The molecule has 0 aliphatic carbocycles. The molecular formula is C19H35N5O7. The van der Waals surface area contributed by atoms with Gasteiger partial charge in [-0.3, -0.25) is 24.0 Å². The van der Waals surface area contributed by atoms with E-state index in [1.165, 1.54) is 6.92 Å². The zero-order chi connectivity index (χ0) is 24.1. The van der Waals surface area contributed by atoms with Gasteiger partial charge in [-0.1, -0.05) is 20.3 Å². The molecule has 178 valence electrons. The Morgan fingerprint density at radius 3 is 1.94 bits per heavy atom. The SMILES string of the molecule is CC(C)[C@H](NC(=O)[C@H](CCC(=O)O)NC(=O)[C@@H](N)CCCCN)C(=O)N[C@@H](C)C(=O)O. The summed E-state index contributed by atoms with van der Waals surface area (Å²) >= 11 is 0. The average molecular weight is 446 g/mol. The van der Waals surface area contributed by atoms with Gasteiger partial charge < -0.3 is 37.6 Å². The maximum atomic E-state index is 12.7. The first-order valence-electron chi connectivity index (χ1n) is 10.2. The normalized spacial score (nSPS) is 14.8. The molecule has 0 fully saturated rings. The van der Waals surface area contributed by atoms with E-state index in [0.29, 0.717) is 25.8 Å². The van der Waals surface area contributed by atoms with Crippen molar-refractivity contribution < 1.29 is 34.2 Å². The minimum atomic E-state index is -1.24. The number of carbonyl (C=O) groups excluding carboxylic acids is 3. The van der Waals surface area contributed by atoms with Crippen molar-refractivity contribution >= 4 is 29.7 Å². The third kappa shape index (κ3) is 11.3. The van der Waals surface area contributed by atoms with Crippen LogP contribution in [0.5, 0.6) is 0 Å². The van der Waals surface area contributed by atoms with Gasteiger partial charge in [-0.25, -0.2) is 0 Å². The second-order valence-electron chi connectivity index (χ2n) is 7.68. The summed E-state index contributed by atoms with van der Waals surface area (Å²) in [5.41, 5.74) is 11.2. The molecule has 12 nitrogen and oxygen atoms in total. The summed E-state index contributed by atoms with van der Waals surface area (Å²) in [5.74, 6) is -4.89. The molecule has 3 amide bonds. The van der Waals surface area contributed by atoms with Gasteiger partial charge in [0.05, 0.1) is 6.04 Å². The summed E-state index contributed by atoms with van der Waals surface area (Å²) in [6.45, 7) is 5.03. The third-order valence-corrected chi connectivity index (χ3v) is 4.56. The molecule has 0 aromatic carbocycles. The lowest BCUT2D eigenvalue weighted by atomic mass is 10.0. The standard InChI is InChI=1S/C19H35N5O7/c1-10(2)15(18(29)22-11(3)19(30)31)24-17(28)13(7-8-14(25)26)23-16(27)12(21)6-4-5-9-20/h10-13,15H,4-9,20-21H2,1-3H3,(H,22,29)(H,23,27)(H,24,28)(H,25,26)(H,30,31)/t11-,12-,13-,15-/m0/s1. The van der Waals surface area contributed by atoms with Crippen molar-refractivity contribution in [3.63, 3.8) is 0 Å². The maximum absolute atomic E-state index is 12.7. The first-order chi connectivity index (χ1) is 14.4. The van der Waals surface area contributed by atoms with Crippen LogP contribution in [0.4, 0.5) is 0 Å². The van der Waals surface area contributed by atoms with Gasteiger partial charge in [0.15, 0.2) is 0 Å². The number of carboxylic acids is 2. The highest BCUT2D eigenvalue weighted by molar-refractivity contribution is 5.94. The van der Waals surface area contributed by atoms with E-state index in [0.717, 1.165) is 0 Å². The average Bonchev–Trinajstić information content (AvgIpc) is 2.68. The van der Waals surface area contributed by atoms with Gasteiger partial charge in [0.25, 0.3) is 0 Å². The van der Waals surface area contributed by atoms with E-state index in [1.807, 2.05) is 0 Å². The Labute approximate surface area is 181 Å². The van der Waals surface area contributed by atoms with Gasteiger partial charge in [0.2, 0.25) is 17.7 Å². The van der Waals surface area contributed by atoms with Crippen molar-refractivity contribution in [1.82, 2.24) is 16.0 Å². The lowest BCUT2D eigenvalue weighted by Gasteiger charge is -2.26. The molecule has 0 saturated heterocycles. The van der Waals surface area contributed by atoms with Crippen LogP contribution in [0.15, 0.2) is 0 Å². The predicted molar refractivity (Wildman–Crippen MR) is 112 cm³/mol. The second-order valence-corrected chi connectivity index (χ2v) is 7.68. The summed E-state index contributed by atoms with van der Waals surface area (Å²) < 4.78 is 0. The summed E-state index contributed by atoms with van der Waals surface area (Å²) in [6.07, 6.45) is 1.05. The van der Waals surface area contributed by atoms with Gasteiger partial charge in [-0.05, 0) is 38.6 Å². The molecule has 12 heteroatoms. The molecule has 0 spiro atoms. The van der Waals surface area contributed by atoms with Gasteiger partial charge in [-0.15, -0.1) is 0 Å². The van der Waals surface area contributed by atoms with Crippen molar-refractivity contribution in [3.05, 3.63) is 0 Å². The van der Waals surface area contributed by atoms with Crippen molar-refractivity contribution in [2.45, 2.75) is 77.0 Å². The van der Waals surface area contributed by atoms with Crippen molar-refractivity contribution in [2.75, 3.05) is 6.54 Å². The number of aliphatic carboxylic acids is 2. The van der Waals surface area contributed by atoms with Crippen molar-refractivity contribution in [2.24, 2.45) is 17.4 Å². The zero-order valence-electron chi connectivity index (χ0n) is 18.2. The molecule has 0 aliphatic heterocycles. The number of nitrogens with one attached hydrogen (secondary N) is 3. The van der Waals surface area contributed by atoms with E-state index in [2.05, 4.69) is 16.0 Å². The summed E-state index contributed by atoms with van der Waals surface area (Å²) in [5, 5.41) is 25.1. The van der Waals surface area contributed by atoms with E-state index >= 15 is 0 Å². The Balaban J connectivity index is 5.26. The van der Waals surface area contributed by atoms with E-state index < -0.39 is 66.2 Å². The molecule has 0 saturated carbocycles. The lowest BCUT2D eigenvalue weighted by Crippen LogP contribution is -2.58.